The normalized spacial score (nSPS) is 12.3. The van der Waals surface area contributed by atoms with Gasteiger partial charge in [0.05, 0.1) is 0 Å². The quantitative estimate of drug-likeness (QED) is 0.0261. The summed E-state index contributed by atoms with van der Waals surface area (Å²) < 4.78 is 17.0. The lowest BCUT2D eigenvalue weighted by atomic mass is 10.0. The van der Waals surface area contributed by atoms with Gasteiger partial charge in [-0.25, -0.2) is 0 Å². The van der Waals surface area contributed by atoms with E-state index in [-0.39, 0.29) is 31.1 Å². The monoisotopic (exact) mass is 1120 g/mol. The molecular formula is C74H136O6. The molecule has 80 heavy (non-hydrogen) atoms. The molecule has 0 aliphatic rings. The van der Waals surface area contributed by atoms with Crippen molar-refractivity contribution >= 4 is 17.9 Å². The van der Waals surface area contributed by atoms with E-state index in [9.17, 15) is 14.4 Å². The Labute approximate surface area is 498 Å². The molecule has 0 radical (unpaired) electrons. The lowest BCUT2D eigenvalue weighted by Crippen LogP contribution is -2.30. The first-order valence-electron chi connectivity index (χ1n) is 35.6. The van der Waals surface area contributed by atoms with Crippen molar-refractivity contribution in [3.63, 3.8) is 0 Å². The van der Waals surface area contributed by atoms with Gasteiger partial charge >= 0.3 is 17.9 Å². The van der Waals surface area contributed by atoms with Crippen LogP contribution in [0.2, 0.25) is 0 Å². The van der Waals surface area contributed by atoms with Gasteiger partial charge in [-0.05, 0) is 83.5 Å². The van der Waals surface area contributed by atoms with Crippen molar-refractivity contribution in [3.05, 3.63) is 48.6 Å². The maximum atomic E-state index is 12.9. The van der Waals surface area contributed by atoms with Crippen LogP contribution in [0.1, 0.15) is 387 Å². The molecule has 0 aliphatic heterocycles. The highest BCUT2D eigenvalue weighted by atomic mass is 16.6. The van der Waals surface area contributed by atoms with Gasteiger partial charge in [0, 0.05) is 19.3 Å². The van der Waals surface area contributed by atoms with Crippen LogP contribution in [-0.4, -0.2) is 37.2 Å². The molecule has 0 N–H and O–H groups in total. The fourth-order valence-electron chi connectivity index (χ4n) is 10.7. The summed E-state index contributed by atoms with van der Waals surface area (Å²) in [5.74, 6) is -0.853. The molecule has 0 aromatic carbocycles. The van der Waals surface area contributed by atoms with Crippen molar-refractivity contribution in [1.82, 2.24) is 0 Å². The van der Waals surface area contributed by atoms with Gasteiger partial charge in [-0.15, -0.1) is 0 Å². The average Bonchev–Trinajstić information content (AvgIpc) is 3.46. The SMILES string of the molecule is CCCCCCC/C=C\C/C=C\C/C=C\CCCCCCCCCCCCCCCCC(=O)OCC(COC(=O)CCCCCCC/C=C\CCCCCCCC)OC(=O)CCCCCCCCCCCCCCCCCCCC. The summed E-state index contributed by atoms with van der Waals surface area (Å²) in [6, 6.07) is 0. The maximum absolute atomic E-state index is 12.9. The molecule has 1 unspecified atom stereocenters. The highest BCUT2D eigenvalue weighted by Crippen LogP contribution is 2.18. The molecule has 468 valence electrons. The van der Waals surface area contributed by atoms with Crippen LogP contribution < -0.4 is 0 Å². The zero-order valence-electron chi connectivity index (χ0n) is 53.9. The summed E-state index contributed by atoms with van der Waals surface area (Å²) in [4.78, 5) is 38.4. The predicted octanol–water partition coefficient (Wildman–Crippen LogP) is 24.5. The van der Waals surface area contributed by atoms with Gasteiger partial charge in [-0.1, -0.05) is 333 Å². The van der Waals surface area contributed by atoms with Crippen LogP contribution in [-0.2, 0) is 28.6 Å². The van der Waals surface area contributed by atoms with Crippen molar-refractivity contribution in [2.75, 3.05) is 13.2 Å². The van der Waals surface area contributed by atoms with Gasteiger partial charge in [0.2, 0.25) is 0 Å². The number of carbonyl (C=O) groups excluding carboxylic acids is 3. The van der Waals surface area contributed by atoms with E-state index in [0.29, 0.717) is 19.3 Å². The van der Waals surface area contributed by atoms with Gasteiger partial charge in [0.1, 0.15) is 13.2 Å². The number of carbonyl (C=O) groups is 3. The second-order valence-corrected chi connectivity index (χ2v) is 24.1. The van der Waals surface area contributed by atoms with Gasteiger partial charge in [-0.3, -0.25) is 14.4 Å². The second-order valence-electron chi connectivity index (χ2n) is 24.1. The minimum atomic E-state index is -0.775. The molecule has 0 aromatic rings. The third-order valence-electron chi connectivity index (χ3n) is 16.1. The summed E-state index contributed by atoms with van der Waals surface area (Å²) in [6.07, 6.45) is 87.1. The number of esters is 3. The summed E-state index contributed by atoms with van der Waals surface area (Å²) in [7, 11) is 0. The average molecular weight is 1120 g/mol. The summed E-state index contributed by atoms with van der Waals surface area (Å²) in [6.45, 7) is 6.68. The third-order valence-corrected chi connectivity index (χ3v) is 16.1. The van der Waals surface area contributed by atoms with Crippen LogP contribution in [0.4, 0.5) is 0 Å². The van der Waals surface area contributed by atoms with E-state index in [2.05, 4.69) is 69.4 Å². The Morgan fingerprint density at radius 2 is 0.450 bits per heavy atom. The molecule has 0 amide bonds. The topological polar surface area (TPSA) is 78.9 Å². The highest BCUT2D eigenvalue weighted by molar-refractivity contribution is 5.71. The van der Waals surface area contributed by atoms with Crippen molar-refractivity contribution in [2.24, 2.45) is 0 Å². The number of allylic oxidation sites excluding steroid dienone is 8. The Morgan fingerprint density at radius 1 is 0.250 bits per heavy atom. The molecule has 0 saturated heterocycles. The molecule has 0 fully saturated rings. The zero-order valence-corrected chi connectivity index (χ0v) is 53.9. The first-order valence-corrected chi connectivity index (χ1v) is 35.6. The molecule has 0 aliphatic carbocycles. The first-order chi connectivity index (χ1) is 39.5. The Bertz CT molecular complexity index is 1380. The van der Waals surface area contributed by atoms with Crippen LogP contribution in [0.3, 0.4) is 0 Å². The molecular weight excluding hydrogens is 985 g/mol. The van der Waals surface area contributed by atoms with Crippen molar-refractivity contribution in [3.8, 4) is 0 Å². The number of rotatable bonds is 66. The lowest BCUT2D eigenvalue weighted by Gasteiger charge is -2.18. The molecule has 0 spiro atoms. The molecule has 6 nitrogen and oxygen atoms in total. The van der Waals surface area contributed by atoms with Gasteiger partial charge in [-0.2, -0.15) is 0 Å². The van der Waals surface area contributed by atoms with E-state index in [1.54, 1.807) is 0 Å². The fraction of sp³-hybridized carbons (Fsp3) is 0.851. The Morgan fingerprint density at radius 3 is 0.713 bits per heavy atom. The largest absolute Gasteiger partial charge is 0.462 e. The molecule has 1 atom stereocenters. The third kappa shape index (κ3) is 66.2. The standard InChI is InChI=1S/C74H136O6/c1-4-7-10-13-16-19-22-25-28-30-32-33-34-35-36-37-38-39-40-41-42-44-46-49-52-55-58-61-64-67-73(76)79-70-71(69-78-72(75)66-63-60-57-54-51-48-45-27-24-21-18-15-12-9-6-3)80-74(77)68-65-62-59-56-53-50-47-43-31-29-26-23-20-17-14-11-8-5-2/h22,25,27,30,32,34-35,45,71H,4-21,23-24,26,28-29,31,33,36-44,46-70H2,1-3H3/b25-22-,32-30-,35-34-,45-27-. The van der Waals surface area contributed by atoms with Gasteiger partial charge < -0.3 is 14.2 Å². The number of unbranched alkanes of at least 4 members (excludes halogenated alkanes) is 47. The van der Waals surface area contributed by atoms with Crippen LogP contribution in [0, 0.1) is 0 Å². The van der Waals surface area contributed by atoms with E-state index in [0.717, 1.165) is 77.0 Å². The van der Waals surface area contributed by atoms with E-state index in [1.165, 1.54) is 270 Å². The van der Waals surface area contributed by atoms with Crippen molar-refractivity contribution in [1.29, 1.82) is 0 Å². The summed E-state index contributed by atoms with van der Waals surface area (Å²) >= 11 is 0. The molecule has 0 bridgehead atoms. The minimum absolute atomic E-state index is 0.0712. The van der Waals surface area contributed by atoms with Crippen LogP contribution in [0.15, 0.2) is 48.6 Å². The first kappa shape index (κ1) is 77.4. The fourth-order valence-corrected chi connectivity index (χ4v) is 10.7. The second kappa shape index (κ2) is 68.9. The highest BCUT2D eigenvalue weighted by Gasteiger charge is 2.19. The Balaban J connectivity index is 4.24. The Hall–Kier alpha value is -2.63. The summed E-state index contributed by atoms with van der Waals surface area (Å²) in [5, 5.41) is 0. The number of hydrogen-bond acceptors (Lipinski definition) is 6. The zero-order chi connectivity index (χ0) is 57.8. The van der Waals surface area contributed by atoms with Crippen molar-refractivity contribution < 1.29 is 28.6 Å². The van der Waals surface area contributed by atoms with Crippen LogP contribution in [0.25, 0.3) is 0 Å². The summed E-state index contributed by atoms with van der Waals surface area (Å²) in [5.41, 5.74) is 0. The van der Waals surface area contributed by atoms with Crippen molar-refractivity contribution in [2.45, 2.75) is 393 Å². The minimum Gasteiger partial charge on any atom is -0.462 e. The molecule has 0 heterocycles. The molecule has 6 heteroatoms. The lowest BCUT2D eigenvalue weighted by molar-refractivity contribution is -0.167. The van der Waals surface area contributed by atoms with E-state index < -0.39 is 6.10 Å². The van der Waals surface area contributed by atoms with Crippen LogP contribution in [0.5, 0.6) is 0 Å². The maximum Gasteiger partial charge on any atom is 0.306 e. The number of hydrogen-bond donors (Lipinski definition) is 0. The number of ether oxygens (including phenoxy) is 3. The Kier molecular flexibility index (Phi) is 66.6. The molecule has 0 saturated carbocycles. The van der Waals surface area contributed by atoms with E-state index in [4.69, 9.17) is 14.2 Å². The van der Waals surface area contributed by atoms with Gasteiger partial charge in [0.15, 0.2) is 6.10 Å². The van der Waals surface area contributed by atoms with E-state index >= 15 is 0 Å². The van der Waals surface area contributed by atoms with Crippen LogP contribution >= 0.6 is 0 Å². The smallest absolute Gasteiger partial charge is 0.306 e. The van der Waals surface area contributed by atoms with E-state index in [1.807, 2.05) is 0 Å². The molecule has 0 aromatic heterocycles. The predicted molar refractivity (Wildman–Crippen MR) is 349 cm³/mol. The van der Waals surface area contributed by atoms with Gasteiger partial charge in [0.25, 0.3) is 0 Å². The molecule has 0 rings (SSSR count).